The highest BCUT2D eigenvalue weighted by molar-refractivity contribution is 6.08. The van der Waals surface area contributed by atoms with E-state index in [2.05, 4.69) is 0 Å². The van der Waals surface area contributed by atoms with Crippen molar-refractivity contribution in [1.29, 1.82) is 0 Å². The lowest BCUT2D eigenvalue weighted by atomic mass is 10.1. The van der Waals surface area contributed by atoms with E-state index in [1.807, 2.05) is 13.8 Å². The largest absolute Gasteiger partial charge is 0.507 e. The predicted octanol–water partition coefficient (Wildman–Crippen LogP) is 1.83. The van der Waals surface area contributed by atoms with Crippen LogP contribution in [0.3, 0.4) is 0 Å². The predicted molar refractivity (Wildman–Crippen MR) is 65.0 cm³/mol. The molecular weight excluding hydrogens is 218 g/mol. The molecular formula is C13H17NO3. The number of nitrogens with zero attached hydrogens (tertiary/aromatic N) is 1. The standard InChI is InChI=1S/C13H17NO3/c1-3-14(4-2)13(17)9-12(16)10-7-5-6-8-11(10)15/h5-8,15H,3-4,9H2,1-2H3. The lowest BCUT2D eigenvalue weighted by Crippen LogP contribution is -2.32. The maximum absolute atomic E-state index is 11.8. The third-order valence-corrected chi connectivity index (χ3v) is 2.63. The molecule has 0 saturated heterocycles. The molecule has 4 heteroatoms. The van der Waals surface area contributed by atoms with Crippen molar-refractivity contribution in [2.24, 2.45) is 0 Å². The molecule has 1 rings (SSSR count). The zero-order chi connectivity index (χ0) is 12.8. The van der Waals surface area contributed by atoms with Crippen molar-refractivity contribution >= 4 is 11.7 Å². The van der Waals surface area contributed by atoms with Gasteiger partial charge in [-0.05, 0) is 26.0 Å². The van der Waals surface area contributed by atoms with E-state index in [4.69, 9.17) is 0 Å². The molecule has 0 aliphatic carbocycles. The first-order chi connectivity index (χ1) is 8.10. The van der Waals surface area contributed by atoms with Gasteiger partial charge in [0.2, 0.25) is 5.91 Å². The van der Waals surface area contributed by atoms with E-state index in [1.165, 1.54) is 12.1 Å². The van der Waals surface area contributed by atoms with Gasteiger partial charge in [-0.3, -0.25) is 9.59 Å². The Morgan fingerprint density at radius 1 is 1.18 bits per heavy atom. The number of hydrogen-bond acceptors (Lipinski definition) is 3. The summed E-state index contributed by atoms with van der Waals surface area (Å²) in [5.74, 6) is -0.631. The average Bonchev–Trinajstić information content (AvgIpc) is 2.31. The van der Waals surface area contributed by atoms with Crippen LogP contribution in [0.25, 0.3) is 0 Å². The number of rotatable bonds is 5. The van der Waals surface area contributed by atoms with Crippen molar-refractivity contribution in [3.05, 3.63) is 29.8 Å². The van der Waals surface area contributed by atoms with E-state index in [0.29, 0.717) is 13.1 Å². The molecule has 1 N–H and O–H groups in total. The minimum absolute atomic E-state index is 0.0788. The van der Waals surface area contributed by atoms with E-state index in [9.17, 15) is 14.7 Å². The molecule has 0 bridgehead atoms. The fraction of sp³-hybridized carbons (Fsp3) is 0.385. The fourth-order valence-corrected chi connectivity index (χ4v) is 1.63. The number of amides is 1. The van der Waals surface area contributed by atoms with Crippen molar-refractivity contribution in [2.75, 3.05) is 13.1 Å². The summed E-state index contributed by atoms with van der Waals surface area (Å²) in [6.45, 7) is 4.91. The Bertz CT molecular complexity index is 411. The van der Waals surface area contributed by atoms with Crippen molar-refractivity contribution < 1.29 is 14.7 Å². The summed E-state index contributed by atoms with van der Waals surface area (Å²) < 4.78 is 0. The molecule has 0 aliphatic heterocycles. The van der Waals surface area contributed by atoms with Gasteiger partial charge in [0.05, 0.1) is 12.0 Å². The van der Waals surface area contributed by atoms with Crippen molar-refractivity contribution in [1.82, 2.24) is 4.90 Å². The molecule has 17 heavy (non-hydrogen) atoms. The first-order valence-corrected chi connectivity index (χ1v) is 5.69. The highest BCUT2D eigenvalue weighted by atomic mass is 16.3. The van der Waals surface area contributed by atoms with Crippen LogP contribution < -0.4 is 0 Å². The molecule has 0 saturated carbocycles. The number of phenolic OH excluding ortho intramolecular Hbond substituents is 1. The summed E-state index contributed by atoms with van der Waals surface area (Å²) in [4.78, 5) is 25.1. The molecule has 1 aromatic carbocycles. The Morgan fingerprint density at radius 2 is 1.76 bits per heavy atom. The van der Waals surface area contributed by atoms with Gasteiger partial charge in [-0.1, -0.05) is 12.1 Å². The molecule has 0 fully saturated rings. The lowest BCUT2D eigenvalue weighted by molar-refractivity contribution is -0.129. The van der Waals surface area contributed by atoms with Gasteiger partial charge in [0.25, 0.3) is 0 Å². The number of phenols is 1. The third kappa shape index (κ3) is 3.31. The number of para-hydroxylation sites is 1. The molecule has 0 aromatic heterocycles. The molecule has 1 aromatic rings. The van der Waals surface area contributed by atoms with E-state index in [0.717, 1.165) is 0 Å². The van der Waals surface area contributed by atoms with Crippen molar-refractivity contribution in [3.8, 4) is 5.75 Å². The normalized spacial score (nSPS) is 10.0. The maximum atomic E-state index is 11.8. The number of ketones is 1. The summed E-state index contributed by atoms with van der Waals surface area (Å²) in [6, 6.07) is 6.26. The van der Waals surface area contributed by atoms with Crippen LogP contribution in [0.4, 0.5) is 0 Å². The Balaban J connectivity index is 2.73. The van der Waals surface area contributed by atoms with Gasteiger partial charge in [0.15, 0.2) is 5.78 Å². The molecule has 0 radical (unpaired) electrons. The molecule has 0 spiro atoms. The minimum atomic E-state index is -0.347. The molecule has 0 aliphatic rings. The van der Waals surface area contributed by atoms with Crippen LogP contribution in [0, 0.1) is 0 Å². The minimum Gasteiger partial charge on any atom is -0.507 e. The summed E-state index contributed by atoms with van der Waals surface area (Å²) in [5, 5.41) is 9.50. The first-order valence-electron chi connectivity index (χ1n) is 5.69. The quantitative estimate of drug-likeness (QED) is 0.625. The summed E-state index contributed by atoms with van der Waals surface area (Å²) in [5.41, 5.74) is 0.202. The number of carbonyl (C=O) groups is 2. The smallest absolute Gasteiger partial charge is 0.230 e. The number of benzene rings is 1. The van der Waals surface area contributed by atoms with Crippen LogP contribution in [0.2, 0.25) is 0 Å². The molecule has 1 amide bonds. The monoisotopic (exact) mass is 235 g/mol. The molecule has 0 unspecified atom stereocenters. The van der Waals surface area contributed by atoms with E-state index in [-0.39, 0.29) is 29.4 Å². The summed E-state index contributed by atoms with van der Waals surface area (Å²) in [7, 11) is 0. The van der Waals surface area contributed by atoms with Crippen molar-refractivity contribution in [3.63, 3.8) is 0 Å². The van der Waals surface area contributed by atoms with Gasteiger partial charge in [-0.2, -0.15) is 0 Å². The second-order valence-corrected chi connectivity index (χ2v) is 3.68. The summed E-state index contributed by atoms with van der Waals surface area (Å²) in [6.07, 6.45) is -0.195. The zero-order valence-corrected chi connectivity index (χ0v) is 10.1. The van der Waals surface area contributed by atoms with E-state index < -0.39 is 0 Å². The molecule has 0 atom stereocenters. The highest BCUT2D eigenvalue weighted by Crippen LogP contribution is 2.17. The second-order valence-electron chi connectivity index (χ2n) is 3.68. The molecule has 92 valence electrons. The van der Waals surface area contributed by atoms with Crippen LogP contribution in [-0.4, -0.2) is 34.8 Å². The number of aromatic hydroxyl groups is 1. The number of carbonyl (C=O) groups excluding carboxylic acids is 2. The SMILES string of the molecule is CCN(CC)C(=O)CC(=O)c1ccccc1O. The fourth-order valence-electron chi connectivity index (χ4n) is 1.63. The van der Waals surface area contributed by atoms with Crippen LogP contribution in [0.15, 0.2) is 24.3 Å². The zero-order valence-electron chi connectivity index (χ0n) is 10.1. The van der Waals surface area contributed by atoms with Gasteiger partial charge >= 0.3 is 0 Å². The second kappa shape index (κ2) is 6.03. The summed E-state index contributed by atoms with van der Waals surface area (Å²) >= 11 is 0. The Hall–Kier alpha value is -1.84. The van der Waals surface area contributed by atoms with Gasteiger partial charge in [0, 0.05) is 13.1 Å². The van der Waals surface area contributed by atoms with Gasteiger partial charge in [-0.15, -0.1) is 0 Å². The van der Waals surface area contributed by atoms with Gasteiger partial charge in [-0.25, -0.2) is 0 Å². The maximum Gasteiger partial charge on any atom is 0.230 e. The first kappa shape index (κ1) is 13.2. The Morgan fingerprint density at radius 3 is 2.29 bits per heavy atom. The van der Waals surface area contributed by atoms with E-state index >= 15 is 0 Å². The Labute approximate surface area is 101 Å². The van der Waals surface area contributed by atoms with Crippen LogP contribution >= 0.6 is 0 Å². The Kier molecular flexibility index (Phi) is 4.69. The molecule has 0 heterocycles. The average molecular weight is 235 g/mol. The lowest BCUT2D eigenvalue weighted by Gasteiger charge is -2.18. The highest BCUT2D eigenvalue weighted by Gasteiger charge is 2.17. The van der Waals surface area contributed by atoms with Gasteiger partial charge < -0.3 is 10.0 Å². The van der Waals surface area contributed by atoms with Crippen LogP contribution in [0.5, 0.6) is 5.75 Å². The number of Topliss-reactive ketones (excluding diaryl/α,β-unsaturated/α-hetero) is 1. The van der Waals surface area contributed by atoms with Gasteiger partial charge in [0.1, 0.15) is 5.75 Å². The van der Waals surface area contributed by atoms with Crippen LogP contribution in [-0.2, 0) is 4.79 Å². The van der Waals surface area contributed by atoms with Crippen LogP contribution in [0.1, 0.15) is 30.6 Å². The topological polar surface area (TPSA) is 57.6 Å². The number of hydrogen-bond donors (Lipinski definition) is 1. The molecule has 4 nitrogen and oxygen atoms in total. The van der Waals surface area contributed by atoms with E-state index in [1.54, 1.807) is 17.0 Å². The van der Waals surface area contributed by atoms with Crippen molar-refractivity contribution in [2.45, 2.75) is 20.3 Å². The third-order valence-electron chi connectivity index (χ3n) is 2.63.